The van der Waals surface area contributed by atoms with Gasteiger partial charge >= 0.3 is 0 Å². The van der Waals surface area contributed by atoms with Crippen molar-refractivity contribution in [2.75, 3.05) is 13.7 Å². The number of rotatable bonds is 5. The molecule has 1 unspecified atom stereocenters. The zero-order valence-electron chi connectivity index (χ0n) is 21.7. The molecule has 5 aromatic rings. The van der Waals surface area contributed by atoms with Gasteiger partial charge in [-0.25, -0.2) is 14.4 Å². The summed E-state index contributed by atoms with van der Waals surface area (Å²) < 4.78 is 19.4. The molecule has 0 bridgehead atoms. The molecular formula is C30H26ClFN4O2S. The van der Waals surface area contributed by atoms with Gasteiger partial charge in [0.15, 0.2) is 0 Å². The molecule has 0 radical (unpaired) electrons. The Bertz CT molecular complexity index is 1710. The number of hydrogen-bond donors (Lipinski definition) is 1. The number of aryl methyl sites for hydroxylation is 1. The number of likely N-dealkylation sites (tertiary alicyclic amines) is 1. The highest BCUT2D eigenvalue weighted by Gasteiger charge is 2.45. The van der Waals surface area contributed by atoms with Crippen molar-refractivity contribution in [1.82, 2.24) is 19.9 Å². The van der Waals surface area contributed by atoms with Crippen LogP contribution in [0.1, 0.15) is 41.6 Å². The molecule has 9 heteroatoms. The van der Waals surface area contributed by atoms with E-state index < -0.39 is 5.54 Å². The van der Waals surface area contributed by atoms with Crippen LogP contribution in [0.5, 0.6) is 5.75 Å². The number of imidazole rings is 1. The van der Waals surface area contributed by atoms with Gasteiger partial charge < -0.3 is 14.6 Å². The molecule has 39 heavy (non-hydrogen) atoms. The third-order valence-corrected chi connectivity index (χ3v) is 9.06. The Kier molecular flexibility index (Phi) is 6.40. The molecule has 2 aromatic heterocycles. The lowest BCUT2D eigenvalue weighted by atomic mass is 9.97. The topological polar surface area (TPSA) is 71.1 Å². The van der Waals surface area contributed by atoms with Gasteiger partial charge in [0.2, 0.25) is 0 Å². The standard InChI is InChI=1S/C30H26ClFN4O2S/c1-17-21(31)13-14-22-24(17)35-29(33-22)30(2)15-6-16-36(30)28(37)25-26(18-9-11-19(32)12-10-18)39-27(34-25)20-7-4-5-8-23(20)38-3/h4-5,7-14H,6,15-16H2,1-3H3,(H,33,35). The maximum Gasteiger partial charge on any atom is 0.274 e. The van der Waals surface area contributed by atoms with E-state index in [1.807, 2.05) is 55.1 Å². The molecule has 1 aliphatic rings. The number of fused-ring (bicyclic) bond motifs is 1. The number of thiazole rings is 1. The van der Waals surface area contributed by atoms with Crippen LogP contribution >= 0.6 is 22.9 Å². The van der Waals surface area contributed by atoms with E-state index >= 15 is 0 Å². The zero-order chi connectivity index (χ0) is 27.3. The fraction of sp³-hybridized carbons (Fsp3) is 0.233. The third kappa shape index (κ3) is 4.28. The molecule has 0 aliphatic carbocycles. The summed E-state index contributed by atoms with van der Waals surface area (Å²) in [5, 5.41) is 1.31. The van der Waals surface area contributed by atoms with E-state index in [0.717, 1.165) is 46.4 Å². The zero-order valence-corrected chi connectivity index (χ0v) is 23.3. The van der Waals surface area contributed by atoms with Crippen LogP contribution in [0.15, 0.2) is 60.7 Å². The first kappa shape index (κ1) is 25.5. The highest BCUT2D eigenvalue weighted by Crippen LogP contribution is 2.43. The van der Waals surface area contributed by atoms with Crippen LogP contribution in [0.4, 0.5) is 4.39 Å². The summed E-state index contributed by atoms with van der Waals surface area (Å²) in [6, 6.07) is 17.5. The van der Waals surface area contributed by atoms with Crippen LogP contribution in [0, 0.1) is 12.7 Å². The second-order valence-corrected chi connectivity index (χ2v) is 11.3. The second-order valence-electron chi connectivity index (χ2n) is 9.89. The van der Waals surface area contributed by atoms with Crippen LogP contribution in [0.3, 0.4) is 0 Å². The SMILES string of the molecule is COc1ccccc1-c1nc(C(=O)N2CCCC2(C)c2nc3c(C)c(Cl)ccc3[nH]2)c(-c2ccc(F)cc2)s1. The Morgan fingerprint density at radius 3 is 2.67 bits per heavy atom. The summed E-state index contributed by atoms with van der Waals surface area (Å²) in [5.41, 5.74) is 3.77. The van der Waals surface area contributed by atoms with E-state index in [1.54, 1.807) is 19.2 Å². The molecule has 6 nitrogen and oxygen atoms in total. The molecule has 0 saturated carbocycles. The van der Waals surface area contributed by atoms with Crippen molar-refractivity contribution in [3.63, 3.8) is 0 Å². The molecule has 1 N–H and O–H groups in total. The van der Waals surface area contributed by atoms with Crippen LogP contribution in [-0.2, 0) is 5.54 Å². The molecule has 198 valence electrons. The molecule has 1 aliphatic heterocycles. The second kappa shape index (κ2) is 9.77. The number of halogens is 2. The molecule has 1 fully saturated rings. The number of benzene rings is 3. The number of carbonyl (C=O) groups excluding carboxylic acids is 1. The van der Waals surface area contributed by atoms with Gasteiger partial charge in [-0.3, -0.25) is 4.79 Å². The Hall–Kier alpha value is -3.75. The van der Waals surface area contributed by atoms with Crippen LogP contribution in [0.25, 0.3) is 32.0 Å². The minimum atomic E-state index is -0.663. The minimum Gasteiger partial charge on any atom is -0.496 e. The number of amides is 1. The van der Waals surface area contributed by atoms with Crippen LogP contribution in [-0.4, -0.2) is 39.4 Å². The first-order valence-corrected chi connectivity index (χ1v) is 13.9. The van der Waals surface area contributed by atoms with Gasteiger partial charge in [-0.05, 0) is 74.2 Å². The lowest BCUT2D eigenvalue weighted by Gasteiger charge is -2.33. The molecule has 1 amide bonds. The average Bonchev–Trinajstić information content (AvgIpc) is 3.68. The Morgan fingerprint density at radius 2 is 1.90 bits per heavy atom. The monoisotopic (exact) mass is 560 g/mol. The summed E-state index contributed by atoms with van der Waals surface area (Å²) in [6.45, 7) is 4.55. The van der Waals surface area contributed by atoms with E-state index in [9.17, 15) is 9.18 Å². The fourth-order valence-corrected chi connectivity index (χ4v) is 6.55. The minimum absolute atomic E-state index is 0.193. The molecule has 3 heterocycles. The van der Waals surface area contributed by atoms with Crippen LogP contribution in [0.2, 0.25) is 5.02 Å². The molecule has 1 atom stereocenters. The third-order valence-electron chi connectivity index (χ3n) is 7.51. The highest BCUT2D eigenvalue weighted by molar-refractivity contribution is 7.18. The van der Waals surface area contributed by atoms with Gasteiger partial charge in [-0.15, -0.1) is 11.3 Å². The summed E-state index contributed by atoms with van der Waals surface area (Å²) in [5.74, 6) is 0.853. The largest absolute Gasteiger partial charge is 0.496 e. The Balaban J connectivity index is 1.46. The summed E-state index contributed by atoms with van der Waals surface area (Å²) in [7, 11) is 1.61. The lowest BCUT2D eigenvalue weighted by molar-refractivity contribution is 0.0601. The van der Waals surface area contributed by atoms with Gasteiger partial charge in [-0.2, -0.15) is 0 Å². The van der Waals surface area contributed by atoms with E-state index in [4.69, 9.17) is 26.3 Å². The number of nitrogens with one attached hydrogen (secondary N) is 1. The van der Waals surface area contributed by atoms with Crippen molar-refractivity contribution in [2.45, 2.75) is 32.2 Å². The van der Waals surface area contributed by atoms with E-state index in [2.05, 4.69) is 4.98 Å². The Morgan fingerprint density at radius 1 is 1.13 bits per heavy atom. The predicted molar refractivity (Wildman–Crippen MR) is 153 cm³/mol. The van der Waals surface area contributed by atoms with Gasteiger partial charge in [0.25, 0.3) is 5.91 Å². The van der Waals surface area contributed by atoms with E-state index in [0.29, 0.717) is 32.9 Å². The molecule has 6 rings (SSSR count). The number of H-pyrrole nitrogens is 1. The summed E-state index contributed by atoms with van der Waals surface area (Å²) in [6.07, 6.45) is 1.58. The number of nitrogens with zero attached hydrogens (tertiary/aromatic N) is 3. The average molecular weight is 561 g/mol. The molecule has 0 spiro atoms. The van der Waals surface area contributed by atoms with Crippen molar-refractivity contribution in [2.24, 2.45) is 0 Å². The lowest BCUT2D eigenvalue weighted by Crippen LogP contribution is -2.44. The first-order valence-electron chi connectivity index (χ1n) is 12.7. The number of carbonyl (C=O) groups is 1. The van der Waals surface area contributed by atoms with Gasteiger partial charge in [0.1, 0.15) is 28.1 Å². The summed E-state index contributed by atoms with van der Waals surface area (Å²) >= 11 is 7.74. The van der Waals surface area contributed by atoms with Crippen molar-refractivity contribution in [1.29, 1.82) is 0 Å². The number of hydrogen-bond acceptors (Lipinski definition) is 5. The first-order chi connectivity index (χ1) is 18.8. The van der Waals surface area contributed by atoms with Gasteiger partial charge in [-0.1, -0.05) is 35.9 Å². The molecule has 1 saturated heterocycles. The maximum absolute atomic E-state index is 14.3. The van der Waals surface area contributed by atoms with E-state index in [-0.39, 0.29) is 11.7 Å². The predicted octanol–water partition coefficient (Wildman–Crippen LogP) is 7.61. The number of methoxy groups -OCH3 is 1. The number of aromatic nitrogens is 3. The molecular weight excluding hydrogens is 535 g/mol. The quantitative estimate of drug-likeness (QED) is 0.240. The van der Waals surface area contributed by atoms with Crippen molar-refractivity contribution < 1.29 is 13.9 Å². The summed E-state index contributed by atoms with van der Waals surface area (Å²) in [4.78, 5) is 30.1. The maximum atomic E-state index is 14.3. The fourth-order valence-electron chi connectivity index (χ4n) is 5.30. The number of aromatic amines is 1. The van der Waals surface area contributed by atoms with Gasteiger partial charge in [0, 0.05) is 11.6 Å². The smallest absolute Gasteiger partial charge is 0.274 e. The van der Waals surface area contributed by atoms with Crippen molar-refractivity contribution in [3.05, 3.63) is 88.6 Å². The molecule has 3 aromatic carbocycles. The van der Waals surface area contributed by atoms with Gasteiger partial charge in [0.05, 0.1) is 34.1 Å². The Labute approximate surface area is 234 Å². The van der Waals surface area contributed by atoms with Crippen molar-refractivity contribution >= 4 is 39.9 Å². The van der Waals surface area contributed by atoms with Crippen molar-refractivity contribution in [3.8, 4) is 26.8 Å². The number of para-hydroxylation sites is 1. The normalized spacial score (nSPS) is 17.2. The van der Waals surface area contributed by atoms with E-state index in [1.165, 1.54) is 23.5 Å². The highest BCUT2D eigenvalue weighted by atomic mass is 35.5. The number of ether oxygens (including phenoxy) is 1. The van der Waals surface area contributed by atoms with Crippen LogP contribution < -0.4 is 4.74 Å².